The van der Waals surface area contributed by atoms with E-state index in [0.29, 0.717) is 10.7 Å². The van der Waals surface area contributed by atoms with Gasteiger partial charge in [0, 0.05) is 19.7 Å². The average molecular weight is 396 g/mol. The molecule has 2 rings (SSSR count). The van der Waals surface area contributed by atoms with Crippen LogP contribution in [0, 0.1) is 0 Å². The summed E-state index contributed by atoms with van der Waals surface area (Å²) in [5, 5.41) is 5.45. The van der Waals surface area contributed by atoms with Crippen molar-refractivity contribution < 1.29 is 18.0 Å². The van der Waals surface area contributed by atoms with Gasteiger partial charge in [0.25, 0.3) is 5.91 Å². The molecule has 2 amide bonds. The van der Waals surface area contributed by atoms with Crippen molar-refractivity contribution in [2.75, 3.05) is 26.0 Å². The quantitative estimate of drug-likeness (QED) is 0.781. The number of carbonyl (C=O) groups is 2. The van der Waals surface area contributed by atoms with Crippen LogP contribution in [0.1, 0.15) is 10.4 Å². The van der Waals surface area contributed by atoms with Crippen LogP contribution in [0.5, 0.6) is 0 Å². The molecule has 0 fully saturated rings. The minimum atomic E-state index is -3.56. The molecule has 0 atom stereocenters. The highest BCUT2D eigenvalue weighted by Gasteiger charge is 2.17. The monoisotopic (exact) mass is 395 g/mol. The highest BCUT2D eigenvalue weighted by atomic mass is 35.5. The Morgan fingerprint density at radius 3 is 2.23 bits per heavy atom. The molecule has 0 radical (unpaired) electrons. The summed E-state index contributed by atoms with van der Waals surface area (Å²) in [4.78, 5) is 24.1. The number of hydrogen-bond acceptors (Lipinski definition) is 4. The van der Waals surface area contributed by atoms with E-state index in [4.69, 9.17) is 11.6 Å². The Labute approximate surface area is 157 Å². The van der Waals surface area contributed by atoms with Crippen LogP contribution in [0.15, 0.2) is 53.4 Å². The van der Waals surface area contributed by atoms with Crippen LogP contribution in [0.2, 0.25) is 5.02 Å². The minimum Gasteiger partial charge on any atom is -0.343 e. The number of hydrogen-bond donors (Lipinski definition) is 2. The van der Waals surface area contributed by atoms with Gasteiger partial charge in [-0.15, -0.1) is 0 Å². The Hall–Kier alpha value is -2.42. The molecule has 0 saturated heterocycles. The molecule has 2 N–H and O–H groups in total. The Morgan fingerprint density at radius 2 is 1.65 bits per heavy atom. The maximum Gasteiger partial charge on any atom is 0.251 e. The lowest BCUT2D eigenvalue weighted by Crippen LogP contribution is -2.33. The predicted octanol–water partition coefficient (Wildman–Crippen LogP) is 1.96. The fourth-order valence-corrected chi connectivity index (χ4v) is 3.09. The van der Waals surface area contributed by atoms with E-state index in [9.17, 15) is 18.0 Å². The van der Waals surface area contributed by atoms with Crippen LogP contribution in [-0.4, -0.2) is 45.2 Å². The number of amides is 2. The number of sulfonamides is 1. The molecule has 0 bridgehead atoms. The summed E-state index contributed by atoms with van der Waals surface area (Å²) in [7, 11) is -0.710. The van der Waals surface area contributed by atoms with Gasteiger partial charge in [0.05, 0.1) is 22.2 Å². The molecule has 138 valence electrons. The van der Waals surface area contributed by atoms with Crippen molar-refractivity contribution in [3.8, 4) is 0 Å². The van der Waals surface area contributed by atoms with Gasteiger partial charge in [-0.05, 0) is 36.4 Å². The topological polar surface area (TPSA) is 95.6 Å². The molecule has 0 unspecified atom stereocenters. The lowest BCUT2D eigenvalue weighted by Gasteiger charge is -2.12. The molecule has 9 heteroatoms. The smallest absolute Gasteiger partial charge is 0.251 e. The first-order valence-electron chi connectivity index (χ1n) is 7.57. The third-order valence-corrected chi connectivity index (χ3v) is 5.61. The van der Waals surface area contributed by atoms with Gasteiger partial charge in [0.2, 0.25) is 15.9 Å². The van der Waals surface area contributed by atoms with Gasteiger partial charge in [-0.2, -0.15) is 0 Å². The zero-order chi connectivity index (χ0) is 19.3. The Morgan fingerprint density at radius 1 is 1.04 bits per heavy atom. The number of nitrogens with zero attached hydrogens (tertiary/aromatic N) is 1. The van der Waals surface area contributed by atoms with Crippen LogP contribution in [0.3, 0.4) is 0 Å². The number of para-hydroxylation sites is 1. The third kappa shape index (κ3) is 4.81. The van der Waals surface area contributed by atoms with Gasteiger partial charge in [-0.3, -0.25) is 9.59 Å². The van der Waals surface area contributed by atoms with Crippen molar-refractivity contribution in [3.63, 3.8) is 0 Å². The maximum atomic E-state index is 12.1. The van der Waals surface area contributed by atoms with Gasteiger partial charge in [-0.1, -0.05) is 23.7 Å². The van der Waals surface area contributed by atoms with Crippen molar-refractivity contribution >= 4 is 39.1 Å². The van der Waals surface area contributed by atoms with Crippen LogP contribution in [0.4, 0.5) is 5.69 Å². The van der Waals surface area contributed by atoms with Crippen molar-refractivity contribution in [1.29, 1.82) is 0 Å². The van der Waals surface area contributed by atoms with Crippen LogP contribution in [-0.2, 0) is 14.8 Å². The van der Waals surface area contributed by atoms with Gasteiger partial charge >= 0.3 is 0 Å². The van der Waals surface area contributed by atoms with E-state index in [0.717, 1.165) is 4.31 Å². The van der Waals surface area contributed by atoms with Gasteiger partial charge in [0.15, 0.2) is 0 Å². The highest BCUT2D eigenvalue weighted by molar-refractivity contribution is 7.89. The summed E-state index contributed by atoms with van der Waals surface area (Å²) in [5.41, 5.74) is 0.694. The minimum absolute atomic E-state index is 0.0792. The summed E-state index contributed by atoms with van der Waals surface area (Å²) >= 11 is 5.95. The average Bonchev–Trinajstić information content (AvgIpc) is 2.61. The largest absolute Gasteiger partial charge is 0.343 e. The zero-order valence-corrected chi connectivity index (χ0v) is 15.8. The van der Waals surface area contributed by atoms with Gasteiger partial charge in [-0.25, -0.2) is 12.7 Å². The van der Waals surface area contributed by atoms with Gasteiger partial charge in [0.1, 0.15) is 0 Å². The number of nitrogens with one attached hydrogen (secondary N) is 2. The Kier molecular flexibility index (Phi) is 6.36. The first-order valence-corrected chi connectivity index (χ1v) is 9.39. The molecular formula is C17H18ClN3O4S. The molecule has 0 spiro atoms. The normalized spacial score (nSPS) is 11.2. The van der Waals surface area contributed by atoms with E-state index in [1.165, 1.54) is 38.4 Å². The molecule has 2 aromatic rings. The molecule has 7 nitrogen and oxygen atoms in total. The summed E-state index contributed by atoms with van der Waals surface area (Å²) in [6, 6.07) is 12.2. The Bertz CT molecular complexity index is 912. The fraction of sp³-hybridized carbons (Fsp3) is 0.176. The van der Waals surface area contributed by atoms with E-state index in [-0.39, 0.29) is 17.0 Å². The molecule has 0 aliphatic carbocycles. The van der Waals surface area contributed by atoms with Gasteiger partial charge < -0.3 is 10.6 Å². The third-order valence-electron chi connectivity index (χ3n) is 3.45. The summed E-state index contributed by atoms with van der Waals surface area (Å²) in [6.07, 6.45) is 0. The number of carbonyl (C=O) groups excluding carboxylic acids is 2. The first kappa shape index (κ1) is 19.9. The predicted molar refractivity (Wildman–Crippen MR) is 99.7 cm³/mol. The maximum absolute atomic E-state index is 12.1. The summed E-state index contributed by atoms with van der Waals surface area (Å²) in [6.45, 7) is -0.248. The molecule has 26 heavy (non-hydrogen) atoms. The SMILES string of the molecule is CN(C)S(=O)(=O)c1ccc(C(=O)NCC(=O)Nc2ccccc2Cl)cc1. The lowest BCUT2D eigenvalue weighted by molar-refractivity contribution is -0.115. The van der Waals surface area contributed by atoms with Crippen molar-refractivity contribution in [3.05, 3.63) is 59.1 Å². The van der Waals surface area contributed by atoms with Crippen molar-refractivity contribution in [1.82, 2.24) is 9.62 Å². The first-order chi connectivity index (χ1) is 12.2. The molecule has 0 heterocycles. The standard InChI is InChI=1S/C17H18ClN3O4S/c1-21(2)26(24,25)13-9-7-12(8-10-13)17(23)19-11-16(22)20-15-6-4-3-5-14(15)18/h3-10H,11H2,1-2H3,(H,19,23)(H,20,22). The van der Waals surface area contributed by atoms with E-state index in [1.807, 2.05) is 0 Å². The van der Waals surface area contributed by atoms with E-state index >= 15 is 0 Å². The van der Waals surface area contributed by atoms with E-state index < -0.39 is 21.8 Å². The molecular weight excluding hydrogens is 378 g/mol. The van der Waals surface area contributed by atoms with Crippen LogP contribution < -0.4 is 10.6 Å². The fourth-order valence-electron chi connectivity index (χ4n) is 2.01. The van der Waals surface area contributed by atoms with E-state index in [1.54, 1.807) is 24.3 Å². The highest BCUT2D eigenvalue weighted by Crippen LogP contribution is 2.20. The zero-order valence-electron chi connectivity index (χ0n) is 14.2. The Balaban J connectivity index is 1.96. The molecule has 0 aromatic heterocycles. The number of anilines is 1. The molecule has 2 aromatic carbocycles. The summed E-state index contributed by atoms with van der Waals surface area (Å²) < 4.78 is 25.1. The number of halogens is 1. The van der Waals surface area contributed by atoms with Crippen LogP contribution >= 0.6 is 11.6 Å². The molecule has 0 aliphatic rings. The lowest BCUT2D eigenvalue weighted by atomic mass is 10.2. The second kappa shape index (κ2) is 8.31. The number of rotatable bonds is 6. The molecule has 0 saturated carbocycles. The molecule has 0 aliphatic heterocycles. The second-order valence-electron chi connectivity index (χ2n) is 5.52. The van der Waals surface area contributed by atoms with Crippen molar-refractivity contribution in [2.24, 2.45) is 0 Å². The summed E-state index contributed by atoms with van der Waals surface area (Å²) in [5.74, 6) is -0.925. The van der Waals surface area contributed by atoms with Crippen LogP contribution in [0.25, 0.3) is 0 Å². The second-order valence-corrected chi connectivity index (χ2v) is 8.08. The van der Waals surface area contributed by atoms with Crippen molar-refractivity contribution in [2.45, 2.75) is 4.90 Å². The number of benzene rings is 2. The van der Waals surface area contributed by atoms with E-state index in [2.05, 4.69) is 10.6 Å².